The van der Waals surface area contributed by atoms with Crippen LogP contribution in [0.5, 0.6) is 5.88 Å². The fraction of sp³-hybridized carbons (Fsp3) is 0.222. The van der Waals surface area contributed by atoms with Gasteiger partial charge in [0.05, 0.1) is 22.7 Å². The molecule has 1 amide bonds. The van der Waals surface area contributed by atoms with Crippen molar-refractivity contribution in [1.82, 2.24) is 10.1 Å². The molecule has 1 aliphatic heterocycles. The Morgan fingerprint density at radius 1 is 1.38 bits per heavy atom. The van der Waals surface area contributed by atoms with Gasteiger partial charge in [-0.25, -0.2) is 9.88 Å². The Morgan fingerprint density at radius 2 is 2.19 bits per heavy atom. The van der Waals surface area contributed by atoms with Crippen LogP contribution in [0.25, 0.3) is 11.3 Å². The molecule has 0 fully saturated rings. The third-order valence-corrected chi connectivity index (χ3v) is 5.59. The summed E-state index contributed by atoms with van der Waals surface area (Å²) in [6.45, 7) is 3.51. The van der Waals surface area contributed by atoms with Crippen LogP contribution < -0.4 is 14.7 Å². The average molecular weight is 384 g/mol. The van der Waals surface area contributed by atoms with Crippen molar-refractivity contribution in [1.29, 1.82) is 0 Å². The van der Waals surface area contributed by atoms with Crippen LogP contribution in [0, 0.1) is 0 Å². The number of para-hydroxylation sites is 1. The van der Waals surface area contributed by atoms with Gasteiger partial charge in [-0.15, -0.1) is 0 Å². The Labute approximate surface area is 159 Å². The minimum atomic E-state index is -0.504. The third-order valence-electron chi connectivity index (χ3n) is 4.17. The lowest BCUT2D eigenvalue weighted by Crippen LogP contribution is -2.58. The van der Waals surface area contributed by atoms with Crippen LogP contribution in [0.3, 0.4) is 0 Å². The molecule has 1 aromatic carbocycles. The minimum Gasteiger partial charge on any atom is -0.854 e. The number of anilines is 1. The number of aromatic nitrogens is 3. The summed E-state index contributed by atoms with van der Waals surface area (Å²) in [6.07, 6.45) is -0.504. The highest BCUT2D eigenvalue weighted by molar-refractivity contribution is 7.99. The van der Waals surface area contributed by atoms with Crippen LogP contribution in [0.4, 0.5) is 5.69 Å². The maximum Gasteiger partial charge on any atom is 0.293 e. The molecule has 0 bridgehead atoms. The number of thioether (sulfide) groups is 1. The van der Waals surface area contributed by atoms with Crippen molar-refractivity contribution in [3.63, 3.8) is 0 Å². The highest BCUT2D eigenvalue weighted by Crippen LogP contribution is 2.41. The molecule has 0 spiro atoms. The third kappa shape index (κ3) is 2.65. The van der Waals surface area contributed by atoms with Gasteiger partial charge >= 0.3 is 0 Å². The van der Waals surface area contributed by atoms with Crippen molar-refractivity contribution < 1.29 is 14.6 Å². The SMILES string of the molecule is CCSc1nc([O-])c2[n+](n1)C(c1ccsc1)N(C(C)=O)c1ccccc1-2. The van der Waals surface area contributed by atoms with Crippen molar-refractivity contribution in [2.75, 3.05) is 10.7 Å². The molecular weight excluding hydrogens is 368 g/mol. The second kappa shape index (κ2) is 6.69. The van der Waals surface area contributed by atoms with Gasteiger partial charge in [-0.3, -0.25) is 4.79 Å². The highest BCUT2D eigenvalue weighted by atomic mass is 32.2. The second-order valence-electron chi connectivity index (χ2n) is 5.76. The zero-order valence-corrected chi connectivity index (χ0v) is 15.9. The van der Waals surface area contributed by atoms with E-state index in [0.717, 1.165) is 11.3 Å². The quantitative estimate of drug-likeness (QED) is 0.513. The molecule has 0 radical (unpaired) electrons. The zero-order chi connectivity index (χ0) is 18.3. The zero-order valence-electron chi connectivity index (χ0n) is 14.2. The summed E-state index contributed by atoms with van der Waals surface area (Å²) in [4.78, 5) is 18.4. The molecule has 1 atom stereocenters. The molecular formula is C18H16N4O2S2. The fourth-order valence-electron chi connectivity index (χ4n) is 3.19. The van der Waals surface area contributed by atoms with Crippen LogP contribution in [0.1, 0.15) is 25.6 Å². The van der Waals surface area contributed by atoms with Crippen molar-refractivity contribution in [3.8, 4) is 17.1 Å². The molecule has 1 unspecified atom stereocenters. The molecule has 3 aromatic rings. The Balaban J connectivity index is 2.05. The van der Waals surface area contributed by atoms with Crippen LogP contribution >= 0.6 is 23.1 Å². The Kier molecular flexibility index (Phi) is 4.37. The van der Waals surface area contributed by atoms with E-state index in [1.54, 1.807) is 20.9 Å². The van der Waals surface area contributed by atoms with E-state index in [-0.39, 0.29) is 11.8 Å². The number of nitrogens with zero attached hydrogens (tertiary/aromatic N) is 4. The molecule has 0 saturated heterocycles. The number of amides is 1. The summed E-state index contributed by atoms with van der Waals surface area (Å²) in [5, 5.41) is 21.8. The van der Waals surface area contributed by atoms with E-state index in [4.69, 9.17) is 0 Å². The molecule has 6 nitrogen and oxygen atoms in total. The van der Waals surface area contributed by atoms with Crippen LogP contribution in [0.15, 0.2) is 46.2 Å². The number of carbonyl (C=O) groups is 1. The van der Waals surface area contributed by atoms with Crippen LogP contribution in [-0.2, 0) is 4.79 Å². The first kappa shape index (κ1) is 17.0. The maximum absolute atomic E-state index is 12.8. The first-order valence-electron chi connectivity index (χ1n) is 8.16. The smallest absolute Gasteiger partial charge is 0.293 e. The van der Waals surface area contributed by atoms with E-state index in [0.29, 0.717) is 22.1 Å². The highest BCUT2D eigenvalue weighted by Gasteiger charge is 2.43. The van der Waals surface area contributed by atoms with Crippen LogP contribution in [0.2, 0.25) is 0 Å². The summed E-state index contributed by atoms with van der Waals surface area (Å²) in [6, 6.07) is 9.35. The monoisotopic (exact) mass is 384 g/mol. The number of carbonyl (C=O) groups excluding carboxylic acids is 1. The number of thiophene rings is 1. The topological polar surface area (TPSA) is 73.0 Å². The molecule has 0 N–H and O–H groups in total. The predicted molar refractivity (Wildman–Crippen MR) is 99.1 cm³/mol. The lowest BCUT2D eigenvalue weighted by molar-refractivity contribution is -0.764. The van der Waals surface area contributed by atoms with Crippen LogP contribution in [-0.4, -0.2) is 21.7 Å². The average Bonchev–Trinajstić information content (AvgIpc) is 3.14. The van der Waals surface area contributed by atoms with E-state index in [1.807, 2.05) is 48.0 Å². The number of rotatable bonds is 3. The molecule has 4 rings (SSSR count). The molecule has 0 aliphatic carbocycles. The second-order valence-corrected chi connectivity index (χ2v) is 7.77. The van der Waals surface area contributed by atoms with E-state index >= 15 is 0 Å². The summed E-state index contributed by atoms with van der Waals surface area (Å²) >= 11 is 2.95. The van der Waals surface area contributed by atoms with E-state index in [2.05, 4.69) is 10.1 Å². The van der Waals surface area contributed by atoms with Gasteiger partial charge in [0.1, 0.15) is 0 Å². The Morgan fingerprint density at radius 3 is 2.88 bits per heavy atom. The number of fused-ring (bicyclic) bond motifs is 3. The molecule has 2 aromatic heterocycles. The summed E-state index contributed by atoms with van der Waals surface area (Å²) in [5.41, 5.74) is 2.70. The van der Waals surface area contributed by atoms with Gasteiger partial charge in [0, 0.05) is 17.4 Å². The standard InChI is InChI=1S/C18H16N4O2S2/c1-3-26-18-19-16(24)15-13-6-4-5-7-14(13)21(11(2)23)17(22(15)20-18)12-8-9-25-10-12/h4-10,17H,3H2,1-2H3. The van der Waals surface area contributed by atoms with Gasteiger partial charge in [-0.2, -0.15) is 11.3 Å². The van der Waals surface area contributed by atoms with Crippen molar-refractivity contribution in [2.24, 2.45) is 0 Å². The first-order valence-corrected chi connectivity index (χ1v) is 10.1. The number of hydrogen-bond acceptors (Lipinski definition) is 6. The molecule has 132 valence electrons. The van der Waals surface area contributed by atoms with Gasteiger partial charge in [0.15, 0.2) is 0 Å². The fourth-order valence-corrected chi connectivity index (χ4v) is 4.41. The van der Waals surface area contributed by atoms with E-state index < -0.39 is 6.17 Å². The minimum absolute atomic E-state index is 0.109. The van der Waals surface area contributed by atoms with Crippen molar-refractivity contribution >= 4 is 34.7 Å². The van der Waals surface area contributed by atoms with Gasteiger partial charge < -0.3 is 5.11 Å². The van der Waals surface area contributed by atoms with E-state index in [1.165, 1.54) is 18.7 Å². The summed E-state index contributed by atoms with van der Waals surface area (Å²) < 4.78 is 1.65. The lowest BCUT2D eigenvalue weighted by Gasteiger charge is -2.32. The molecule has 1 aliphatic rings. The van der Waals surface area contributed by atoms with Gasteiger partial charge in [0.25, 0.3) is 17.0 Å². The lowest BCUT2D eigenvalue weighted by atomic mass is 10.0. The normalized spacial score (nSPS) is 15.5. The first-order chi connectivity index (χ1) is 12.6. The van der Waals surface area contributed by atoms with Gasteiger partial charge in [0.2, 0.25) is 5.91 Å². The molecule has 3 heterocycles. The van der Waals surface area contributed by atoms with E-state index in [9.17, 15) is 9.90 Å². The summed E-state index contributed by atoms with van der Waals surface area (Å²) in [5.74, 6) is 0.323. The largest absolute Gasteiger partial charge is 0.854 e. The van der Waals surface area contributed by atoms with Gasteiger partial charge in [-0.1, -0.05) is 35.5 Å². The number of hydrogen-bond donors (Lipinski definition) is 0. The number of benzene rings is 1. The van der Waals surface area contributed by atoms with Gasteiger partial charge in [-0.05, 0) is 29.3 Å². The summed E-state index contributed by atoms with van der Waals surface area (Å²) in [7, 11) is 0. The Bertz CT molecular complexity index is 975. The molecule has 26 heavy (non-hydrogen) atoms. The molecule has 0 saturated carbocycles. The predicted octanol–water partition coefficient (Wildman–Crippen LogP) is 2.59. The Hall–Kier alpha value is -2.45. The van der Waals surface area contributed by atoms with Crippen molar-refractivity contribution in [2.45, 2.75) is 25.2 Å². The molecule has 8 heteroatoms. The maximum atomic E-state index is 12.8. The van der Waals surface area contributed by atoms with Crippen molar-refractivity contribution in [3.05, 3.63) is 46.7 Å².